The van der Waals surface area contributed by atoms with E-state index in [4.69, 9.17) is 14.2 Å². The van der Waals surface area contributed by atoms with Crippen LogP contribution in [-0.2, 0) is 0 Å². The lowest BCUT2D eigenvalue weighted by Gasteiger charge is -2.22. The van der Waals surface area contributed by atoms with Gasteiger partial charge in [-0.3, -0.25) is 0 Å². The van der Waals surface area contributed by atoms with E-state index in [0.29, 0.717) is 5.92 Å². The molecule has 0 N–H and O–H groups in total. The number of benzene rings is 2. The molecule has 2 aromatic carbocycles. The third kappa shape index (κ3) is 2.89. The Bertz CT molecular complexity index is 770. The summed E-state index contributed by atoms with van der Waals surface area (Å²) < 4.78 is 17.9. The van der Waals surface area contributed by atoms with Gasteiger partial charge in [0.15, 0.2) is 0 Å². The first kappa shape index (κ1) is 18.1. The van der Waals surface area contributed by atoms with Gasteiger partial charge in [0.05, 0.1) is 19.8 Å². The minimum atomic E-state index is -0.416. The van der Waals surface area contributed by atoms with Crippen LogP contribution >= 0.6 is 7.92 Å². The quantitative estimate of drug-likeness (QED) is 0.712. The van der Waals surface area contributed by atoms with Gasteiger partial charge in [0.1, 0.15) is 23.1 Å². The second kappa shape index (κ2) is 6.88. The lowest BCUT2D eigenvalue weighted by molar-refractivity contribution is 0.242. The second-order valence-corrected chi connectivity index (χ2v) is 9.15. The van der Waals surface area contributed by atoms with Crippen molar-refractivity contribution in [3.8, 4) is 28.4 Å². The van der Waals surface area contributed by atoms with E-state index < -0.39 is 7.92 Å². The fourth-order valence-corrected chi connectivity index (χ4v) is 6.29. The normalized spacial score (nSPS) is 18.9. The van der Waals surface area contributed by atoms with Crippen molar-refractivity contribution in [1.82, 2.24) is 0 Å². The highest BCUT2D eigenvalue weighted by molar-refractivity contribution is 7.66. The Kier molecular flexibility index (Phi) is 4.97. The summed E-state index contributed by atoms with van der Waals surface area (Å²) in [7, 11) is 3.04. The Morgan fingerprint density at radius 3 is 2.16 bits per heavy atom. The number of ether oxygens (including phenoxy) is 3. The van der Waals surface area contributed by atoms with Gasteiger partial charge in [-0.15, -0.1) is 0 Å². The number of hydrogen-bond donors (Lipinski definition) is 0. The Labute approximate surface area is 152 Å². The maximum Gasteiger partial charge on any atom is 0.133 e. The third-order valence-corrected chi connectivity index (χ3v) is 7.46. The highest BCUT2D eigenvalue weighted by Crippen LogP contribution is 2.54. The van der Waals surface area contributed by atoms with Crippen LogP contribution in [0.25, 0.3) is 11.1 Å². The monoisotopic (exact) mass is 358 g/mol. The molecule has 0 saturated carbocycles. The molecule has 2 atom stereocenters. The third-order valence-electron chi connectivity index (χ3n) is 4.83. The molecule has 0 aromatic heterocycles. The van der Waals surface area contributed by atoms with Gasteiger partial charge in [-0.25, -0.2) is 0 Å². The summed E-state index contributed by atoms with van der Waals surface area (Å²) in [5.41, 5.74) is 4.46. The number of aryl methyl sites for hydroxylation is 2. The van der Waals surface area contributed by atoms with Crippen LogP contribution in [0, 0.1) is 19.8 Å². The largest absolute Gasteiger partial charge is 0.496 e. The molecule has 0 radical (unpaired) electrons. The zero-order chi connectivity index (χ0) is 18.3. The molecule has 0 unspecified atom stereocenters. The molecule has 0 fully saturated rings. The first-order valence-electron chi connectivity index (χ1n) is 8.65. The van der Waals surface area contributed by atoms with E-state index in [-0.39, 0.29) is 5.85 Å². The van der Waals surface area contributed by atoms with Crippen molar-refractivity contribution < 1.29 is 14.2 Å². The van der Waals surface area contributed by atoms with Gasteiger partial charge in [-0.05, 0) is 57.6 Å². The van der Waals surface area contributed by atoms with Crippen molar-refractivity contribution in [2.75, 3.05) is 20.9 Å². The summed E-state index contributed by atoms with van der Waals surface area (Å²) in [6.45, 7) is 10.9. The maximum atomic E-state index is 6.30. The zero-order valence-corrected chi connectivity index (χ0v) is 17.0. The SMILES string of the molecule is COc1c(C)cc(C)c(OC)c1-c1cccc2c1[P@](C)[C@@H](C(C)C)O2. The summed E-state index contributed by atoms with van der Waals surface area (Å²) in [5.74, 6) is 3.51. The van der Waals surface area contributed by atoms with E-state index in [2.05, 4.69) is 58.6 Å². The smallest absolute Gasteiger partial charge is 0.133 e. The molecule has 1 aliphatic rings. The molecule has 1 aliphatic heterocycles. The summed E-state index contributed by atoms with van der Waals surface area (Å²) in [5, 5.41) is 1.32. The Balaban J connectivity index is 2.29. The lowest BCUT2D eigenvalue weighted by Crippen LogP contribution is -2.17. The van der Waals surface area contributed by atoms with Crippen LogP contribution in [0.4, 0.5) is 0 Å². The summed E-state index contributed by atoms with van der Waals surface area (Å²) in [6, 6.07) is 8.44. The highest BCUT2D eigenvalue weighted by Gasteiger charge is 2.36. The molecule has 1 heterocycles. The number of hydrogen-bond acceptors (Lipinski definition) is 3. The number of rotatable bonds is 4. The molecular weight excluding hydrogens is 331 g/mol. The molecule has 3 nitrogen and oxygen atoms in total. The van der Waals surface area contributed by atoms with Gasteiger partial charge >= 0.3 is 0 Å². The molecule has 0 aliphatic carbocycles. The molecule has 134 valence electrons. The summed E-state index contributed by atoms with van der Waals surface area (Å²) >= 11 is 0. The van der Waals surface area contributed by atoms with Gasteiger partial charge in [0, 0.05) is 10.9 Å². The van der Waals surface area contributed by atoms with Gasteiger partial charge in [-0.1, -0.05) is 26.0 Å². The Morgan fingerprint density at radius 2 is 1.64 bits per heavy atom. The Morgan fingerprint density at radius 1 is 1.04 bits per heavy atom. The average molecular weight is 358 g/mol. The molecule has 3 rings (SSSR count). The van der Waals surface area contributed by atoms with E-state index in [0.717, 1.165) is 33.9 Å². The molecule has 0 saturated heterocycles. The van der Waals surface area contributed by atoms with Crippen LogP contribution in [0.1, 0.15) is 25.0 Å². The topological polar surface area (TPSA) is 27.7 Å². The number of fused-ring (bicyclic) bond motifs is 1. The van der Waals surface area contributed by atoms with E-state index in [1.165, 1.54) is 10.9 Å². The summed E-state index contributed by atoms with van der Waals surface area (Å²) in [4.78, 5) is 0. The summed E-state index contributed by atoms with van der Waals surface area (Å²) in [6.07, 6.45) is 0. The molecule has 2 aromatic rings. The lowest BCUT2D eigenvalue weighted by atomic mass is 9.97. The van der Waals surface area contributed by atoms with Gasteiger partial charge in [-0.2, -0.15) is 0 Å². The fraction of sp³-hybridized carbons (Fsp3) is 0.429. The Hall–Kier alpha value is -1.73. The van der Waals surface area contributed by atoms with Gasteiger partial charge in [0.25, 0.3) is 0 Å². The first-order valence-corrected chi connectivity index (χ1v) is 10.5. The molecule has 0 bridgehead atoms. The average Bonchev–Trinajstić information content (AvgIpc) is 2.92. The second-order valence-electron chi connectivity index (χ2n) is 6.97. The molecule has 0 amide bonds. The molecule has 0 spiro atoms. The first-order chi connectivity index (χ1) is 11.9. The van der Waals surface area contributed by atoms with E-state index in [9.17, 15) is 0 Å². The zero-order valence-electron chi connectivity index (χ0n) is 16.1. The minimum absolute atomic E-state index is 0.258. The maximum absolute atomic E-state index is 6.30. The van der Waals surface area contributed by atoms with Crippen molar-refractivity contribution in [3.05, 3.63) is 35.4 Å². The van der Waals surface area contributed by atoms with Gasteiger partial charge in [0.2, 0.25) is 0 Å². The van der Waals surface area contributed by atoms with Crippen LogP contribution in [0.5, 0.6) is 17.2 Å². The minimum Gasteiger partial charge on any atom is -0.496 e. The molecular formula is C21H27O3P. The van der Waals surface area contributed by atoms with E-state index in [1.807, 2.05) is 0 Å². The van der Waals surface area contributed by atoms with Crippen LogP contribution in [0.2, 0.25) is 0 Å². The van der Waals surface area contributed by atoms with E-state index in [1.54, 1.807) is 14.2 Å². The van der Waals surface area contributed by atoms with Crippen molar-refractivity contribution in [2.24, 2.45) is 5.92 Å². The predicted molar refractivity (Wildman–Crippen MR) is 106 cm³/mol. The van der Waals surface area contributed by atoms with Crippen molar-refractivity contribution in [3.63, 3.8) is 0 Å². The molecule has 4 heteroatoms. The molecule has 25 heavy (non-hydrogen) atoms. The van der Waals surface area contributed by atoms with Gasteiger partial charge < -0.3 is 14.2 Å². The van der Waals surface area contributed by atoms with Crippen LogP contribution in [-0.4, -0.2) is 26.7 Å². The van der Waals surface area contributed by atoms with Crippen molar-refractivity contribution in [1.29, 1.82) is 0 Å². The highest BCUT2D eigenvalue weighted by atomic mass is 31.1. The van der Waals surface area contributed by atoms with Crippen molar-refractivity contribution >= 4 is 13.2 Å². The predicted octanol–water partition coefficient (Wildman–Crippen LogP) is 5.10. The van der Waals surface area contributed by atoms with Crippen LogP contribution in [0.3, 0.4) is 0 Å². The van der Waals surface area contributed by atoms with Crippen molar-refractivity contribution in [2.45, 2.75) is 33.5 Å². The number of methoxy groups -OCH3 is 2. The van der Waals surface area contributed by atoms with Crippen LogP contribution < -0.4 is 19.5 Å². The standard InChI is InChI=1S/C21H27O3P/c1-12(2)21-24-16-10-8-9-15(20(16)25(21)7)17-18(22-5)13(3)11-14(4)19(17)23-6/h8-12,21H,1-7H3/t21-,25-/m0/s1. The fourth-order valence-electron chi connectivity index (χ4n) is 3.83. The van der Waals surface area contributed by atoms with E-state index >= 15 is 0 Å². The van der Waals surface area contributed by atoms with Crippen LogP contribution in [0.15, 0.2) is 24.3 Å².